The number of ether oxygens (including phenoxy) is 1. The van der Waals surface area contributed by atoms with Gasteiger partial charge < -0.3 is 15.0 Å². The molecule has 5 heteroatoms. The first-order valence-electron chi connectivity index (χ1n) is 7.57. The number of carbonyl (C=O) groups excluding carboxylic acids is 1. The van der Waals surface area contributed by atoms with Crippen LogP contribution in [0.5, 0.6) is 0 Å². The van der Waals surface area contributed by atoms with Crippen molar-refractivity contribution in [2.75, 3.05) is 47.9 Å². The number of nitrogens with zero attached hydrogens (tertiary/aromatic N) is 2. The Morgan fingerprint density at radius 3 is 2.40 bits per heavy atom. The highest BCUT2D eigenvalue weighted by Crippen LogP contribution is 2.41. The molecule has 2 atom stereocenters. The van der Waals surface area contributed by atoms with Gasteiger partial charge in [-0.25, -0.2) is 4.79 Å². The van der Waals surface area contributed by atoms with E-state index in [1.165, 1.54) is 7.11 Å². The molecule has 0 aliphatic heterocycles. The molecule has 0 bridgehead atoms. The second kappa shape index (κ2) is 7.38. The van der Waals surface area contributed by atoms with Crippen LogP contribution in [0.25, 0.3) is 0 Å². The van der Waals surface area contributed by atoms with E-state index in [9.17, 15) is 4.79 Å². The van der Waals surface area contributed by atoms with Crippen LogP contribution in [0.1, 0.15) is 26.7 Å². The summed E-state index contributed by atoms with van der Waals surface area (Å²) in [6.45, 7) is 7.00. The Kier molecular flexibility index (Phi) is 6.43. The molecule has 0 amide bonds. The molecule has 1 fully saturated rings. The summed E-state index contributed by atoms with van der Waals surface area (Å²) >= 11 is 0. The number of carbonyl (C=O) groups is 1. The van der Waals surface area contributed by atoms with E-state index < -0.39 is 5.54 Å². The van der Waals surface area contributed by atoms with Crippen molar-refractivity contribution in [1.29, 1.82) is 0 Å². The molecule has 0 aromatic heterocycles. The first-order chi connectivity index (χ1) is 9.41. The van der Waals surface area contributed by atoms with Gasteiger partial charge in [-0.3, -0.25) is 4.90 Å². The minimum atomic E-state index is -0.550. The lowest BCUT2D eigenvalue weighted by Crippen LogP contribution is -2.61. The summed E-state index contributed by atoms with van der Waals surface area (Å²) in [5.74, 6) is 0.276. The predicted octanol–water partition coefficient (Wildman–Crippen LogP) is 0.800. The van der Waals surface area contributed by atoms with Gasteiger partial charge in [0.25, 0.3) is 0 Å². The lowest BCUT2D eigenvalue weighted by atomic mass is 9.91. The fourth-order valence-corrected chi connectivity index (χ4v) is 3.05. The zero-order valence-electron chi connectivity index (χ0n) is 13.9. The van der Waals surface area contributed by atoms with Crippen LogP contribution < -0.4 is 5.32 Å². The molecule has 0 radical (unpaired) electrons. The van der Waals surface area contributed by atoms with Crippen LogP contribution in [0.15, 0.2) is 0 Å². The molecule has 1 N–H and O–H groups in total. The SMILES string of the molecule is CCN(CC(NC)(C(=O)OC)C1CC1)C(C)CN(C)C. The predicted molar refractivity (Wildman–Crippen MR) is 81.8 cm³/mol. The molecule has 5 nitrogen and oxygen atoms in total. The van der Waals surface area contributed by atoms with Crippen LogP contribution in [-0.4, -0.2) is 75.2 Å². The van der Waals surface area contributed by atoms with Gasteiger partial charge >= 0.3 is 5.97 Å². The number of hydrogen-bond acceptors (Lipinski definition) is 5. The average molecular weight is 285 g/mol. The molecule has 0 aromatic rings. The van der Waals surface area contributed by atoms with Gasteiger partial charge in [-0.2, -0.15) is 0 Å². The number of likely N-dealkylation sites (N-methyl/N-ethyl adjacent to an activating group) is 3. The largest absolute Gasteiger partial charge is 0.468 e. The normalized spacial score (nSPS) is 20.0. The minimum Gasteiger partial charge on any atom is -0.468 e. The van der Waals surface area contributed by atoms with E-state index >= 15 is 0 Å². The molecular weight excluding hydrogens is 254 g/mol. The highest BCUT2D eigenvalue weighted by molar-refractivity contribution is 5.82. The Hall–Kier alpha value is -0.650. The monoisotopic (exact) mass is 285 g/mol. The van der Waals surface area contributed by atoms with Crippen LogP contribution in [0.2, 0.25) is 0 Å². The second-order valence-electron chi connectivity index (χ2n) is 6.16. The zero-order chi connectivity index (χ0) is 15.3. The summed E-state index contributed by atoms with van der Waals surface area (Å²) in [5, 5.41) is 3.27. The molecule has 1 rings (SSSR count). The summed E-state index contributed by atoms with van der Waals surface area (Å²) < 4.78 is 5.08. The highest BCUT2D eigenvalue weighted by atomic mass is 16.5. The molecule has 1 aliphatic carbocycles. The summed E-state index contributed by atoms with van der Waals surface area (Å²) in [4.78, 5) is 16.9. The van der Waals surface area contributed by atoms with E-state index in [1.807, 2.05) is 7.05 Å². The van der Waals surface area contributed by atoms with Crippen LogP contribution in [0.4, 0.5) is 0 Å². The number of nitrogens with one attached hydrogen (secondary N) is 1. The summed E-state index contributed by atoms with van der Waals surface area (Å²) in [6.07, 6.45) is 2.21. The molecule has 20 heavy (non-hydrogen) atoms. The van der Waals surface area contributed by atoms with Gasteiger partial charge in [-0.05, 0) is 53.4 Å². The van der Waals surface area contributed by atoms with E-state index in [-0.39, 0.29) is 5.97 Å². The number of esters is 1. The Labute approximate surface area is 123 Å². The standard InChI is InChI=1S/C15H31N3O2/c1-7-18(12(2)10-17(4)5)11-15(16-3,13-8-9-13)14(19)20-6/h12-13,16H,7-11H2,1-6H3. The molecular formula is C15H31N3O2. The lowest BCUT2D eigenvalue weighted by Gasteiger charge is -2.39. The zero-order valence-corrected chi connectivity index (χ0v) is 13.9. The van der Waals surface area contributed by atoms with Crippen LogP contribution >= 0.6 is 0 Å². The second-order valence-corrected chi connectivity index (χ2v) is 6.16. The van der Waals surface area contributed by atoms with Crippen molar-refractivity contribution < 1.29 is 9.53 Å². The number of rotatable bonds is 9. The van der Waals surface area contributed by atoms with E-state index in [0.29, 0.717) is 18.5 Å². The third kappa shape index (κ3) is 3.93. The van der Waals surface area contributed by atoms with Crippen molar-refractivity contribution in [2.24, 2.45) is 5.92 Å². The van der Waals surface area contributed by atoms with Crippen molar-refractivity contribution in [3.8, 4) is 0 Å². The topological polar surface area (TPSA) is 44.8 Å². The number of methoxy groups -OCH3 is 1. The Morgan fingerprint density at radius 1 is 1.45 bits per heavy atom. The van der Waals surface area contributed by atoms with Crippen molar-refractivity contribution in [3.63, 3.8) is 0 Å². The van der Waals surface area contributed by atoms with Gasteiger partial charge in [0.1, 0.15) is 5.54 Å². The van der Waals surface area contributed by atoms with Crippen molar-refractivity contribution in [3.05, 3.63) is 0 Å². The maximum absolute atomic E-state index is 12.3. The van der Waals surface area contributed by atoms with Gasteiger partial charge in [-0.1, -0.05) is 6.92 Å². The first-order valence-corrected chi connectivity index (χ1v) is 7.57. The smallest absolute Gasteiger partial charge is 0.327 e. The van der Waals surface area contributed by atoms with Gasteiger partial charge in [0.2, 0.25) is 0 Å². The van der Waals surface area contributed by atoms with Gasteiger partial charge in [0.05, 0.1) is 7.11 Å². The quantitative estimate of drug-likeness (QED) is 0.635. The molecule has 0 saturated heterocycles. The van der Waals surface area contributed by atoms with Crippen LogP contribution in [-0.2, 0) is 9.53 Å². The van der Waals surface area contributed by atoms with Gasteiger partial charge in [-0.15, -0.1) is 0 Å². The maximum Gasteiger partial charge on any atom is 0.327 e. The van der Waals surface area contributed by atoms with E-state index in [0.717, 1.165) is 25.9 Å². The Morgan fingerprint density at radius 2 is 2.05 bits per heavy atom. The minimum absolute atomic E-state index is 0.127. The fourth-order valence-electron chi connectivity index (χ4n) is 3.05. The molecule has 0 aromatic carbocycles. The third-order valence-electron chi connectivity index (χ3n) is 4.38. The molecule has 1 aliphatic rings. The van der Waals surface area contributed by atoms with E-state index in [4.69, 9.17) is 4.74 Å². The van der Waals surface area contributed by atoms with Gasteiger partial charge in [0, 0.05) is 19.1 Å². The molecule has 2 unspecified atom stereocenters. The Balaban J connectivity index is 2.83. The van der Waals surface area contributed by atoms with Crippen molar-refractivity contribution in [2.45, 2.75) is 38.3 Å². The maximum atomic E-state index is 12.3. The lowest BCUT2D eigenvalue weighted by molar-refractivity contribution is -0.150. The molecule has 0 heterocycles. The Bertz CT molecular complexity index is 318. The van der Waals surface area contributed by atoms with Crippen LogP contribution in [0.3, 0.4) is 0 Å². The van der Waals surface area contributed by atoms with Crippen LogP contribution in [0, 0.1) is 5.92 Å². The summed E-state index contributed by atoms with van der Waals surface area (Å²) in [7, 11) is 7.52. The fraction of sp³-hybridized carbons (Fsp3) is 0.933. The summed E-state index contributed by atoms with van der Waals surface area (Å²) in [6, 6.07) is 0.408. The summed E-state index contributed by atoms with van der Waals surface area (Å²) in [5.41, 5.74) is -0.550. The van der Waals surface area contributed by atoms with E-state index in [1.54, 1.807) is 0 Å². The van der Waals surface area contributed by atoms with E-state index in [2.05, 4.69) is 43.1 Å². The molecule has 1 saturated carbocycles. The number of hydrogen-bond donors (Lipinski definition) is 1. The van der Waals surface area contributed by atoms with Gasteiger partial charge in [0.15, 0.2) is 0 Å². The van der Waals surface area contributed by atoms with Crippen molar-refractivity contribution >= 4 is 5.97 Å². The molecule has 0 spiro atoms. The average Bonchev–Trinajstić information content (AvgIpc) is 3.23. The van der Waals surface area contributed by atoms with Crippen molar-refractivity contribution in [1.82, 2.24) is 15.1 Å². The third-order valence-corrected chi connectivity index (χ3v) is 4.38. The molecule has 118 valence electrons. The first kappa shape index (κ1) is 17.4. The highest BCUT2D eigenvalue weighted by Gasteiger charge is 2.52.